The number of rotatable bonds is 3. The third-order valence-corrected chi connectivity index (χ3v) is 4.31. The summed E-state index contributed by atoms with van der Waals surface area (Å²) in [5, 5.41) is 10.4. The highest BCUT2D eigenvalue weighted by molar-refractivity contribution is 7.89. The zero-order valence-corrected chi connectivity index (χ0v) is 9.73. The fraction of sp³-hybridized carbons (Fsp3) is 0.333. The van der Waals surface area contributed by atoms with Crippen LogP contribution in [0.25, 0.3) is 0 Å². The van der Waals surface area contributed by atoms with E-state index < -0.39 is 34.0 Å². The minimum atomic E-state index is -3.99. The van der Waals surface area contributed by atoms with Crippen LogP contribution in [0.2, 0.25) is 0 Å². The lowest BCUT2D eigenvalue weighted by molar-refractivity contribution is -0.384. The molecular weight excluding hydrogens is 270 g/mol. The van der Waals surface area contributed by atoms with Gasteiger partial charge in [0.25, 0.3) is 11.6 Å². The normalized spacial score (nSPS) is 19.2. The van der Waals surface area contributed by atoms with Gasteiger partial charge in [-0.15, -0.1) is 0 Å². The third kappa shape index (κ3) is 2.18. The van der Waals surface area contributed by atoms with Gasteiger partial charge >= 0.3 is 0 Å². The van der Waals surface area contributed by atoms with Gasteiger partial charge in [-0.2, -0.15) is 4.31 Å². The second-order valence-corrected chi connectivity index (χ2v) is 5.82. The van der Waals surface area contributed by atoms with E-state index in [1.54, 1.807) is 0 Å². The van der Waals surface area contributed by atoms with Crippen LogP contribution in [0.1, 0.15) is 0 Å². The topological polar surface area (TPSA) is 80.5 Å². The molecule has 0 radical (unpaired) electrons. The van der Waals surface area contributed by atoms with Crippen molar-refractivity contribution in [2.24, 2.45) is 0 Å². The molecule has 1 aromatic rings. The van der Waals surface area contributed by atoms with Gasteiger partial charge in [0.15, 0.2) is 0 Å². The van der Waals surface area contributed by atoms with Crippen LogP contribution < -0.4 is 0 Å². The Hall–Kier alpha value is -1.61. The average Bonchev–Trinajstić information content (AvgIpc) is 2.26. The van der Waals surface area contributed by atoms with Crippen LogP contribution in [0.5, 0.6) is 0 Å². The molecule has 18 heavy (non-hydrogen) atoms. The minimum absolute atomic E-state index is 0.233. The minimum Gasteiger partial charge on any atom is -0.258 e. The smallest absolute Gasteiger partial charge is 0.258 e. The average molecular weight is 278 g/mol. The molecule has 9 heteroatoms. The Kier molecular flexibility index (Phi) is 2.82. The van der Waals surface area contributed by atoms with Crippen molar-refractivity contribution in [2.75, 3.05) is 13.1 Å². The molecule has 0 amide bonds. The largest absolute Gasteiger partial charge is 0.275 e. The number of nitrogens with zero attached hydrogens (tertiary/aromatic N) is 2. The molecule has 0 atom stereocenters. The maximum absolute atomic E-state index is 12.6. The molecule has 6 nitrogen and oxygen atoms in total. The summed E-state index contributed by atoms with van der Waals surface area (Å²) in [5.41, 5.74) is -0.261. The first-order valence-electron chi connectivity index (χ1n) is 4.85. The van der Waals surface area contributed by atoms with Gasteiger partial charge in [0, 0.05) is 12.1 Å². The number of nitro benzene ring substituents is 1. The van der Waals surface area contributed by atoms with Gasteiger partial charge in [-0.3, -0.25) is 10.1 Å². The lowest BCUT2D eigenvalue weighted by Gasteiger charge is -2.37. The summed E-state index contributed by atoms with van der Waals surface area (Å²) in [7, 11) is -3.99. The van der Waals surface area contributed by atoms with Crippen LogP contribution in [0, 0.1) is 10.1 Å². The first-order valence-corrected chi connectivity index (χ1v) is 6.29. The van der Waals surface area contributed by atoms with Gasteiger partial charge < -0.3 is 0 Å². The molecule has 1 aromatic carbocycles. The Bertz CT molecular complexity index is 577. The summed E-state index contributed by atoms with van der Waals surface area (Å²) in [6.07, 6.45) is 0. The number of alkyl halides is 2. The maximum atomic E-state index is 12.6. The molecule has 0 N–H and O–H groups in total. The Morgan fingerprint density at radius 1 is 1.22 bits per heavy atom. The maximum Gasteiger partial charge on any atom is 0.275 e. The molecule has 0 aliphatic carbocycles. The lowest BCUT2D eigenvalue weighted by atomic mass is 10.2. The Balaban J connectivity index is 2.23. The number of benzene rings is 1. The molecule has 0 aromatic heterocycles. The van der Waals surface area contributed by atoms with E-state index in [2.05, 4.69) is 0 Å². The molecule has 0 spiro atoms. The van der Waals surface area contributed by atoms with Crippen molar-refractivity contribution in [2.45, 2.75) is 10.8 Å². The number of non-ortho nitro benzene ring substituents is 1. The molecule has 2 rings (SSSR count). The number of hydrogen-bond donors (Lipinski definition) is 0. The first-order chi connectivity index (χ1) is 8.22. The zero-order valence-electron chi connectivity index (χ0n) is 8.92. The highest BCUT2D eigenvalue weighted by Gasteiger charge is 2.49. The van der Waals surface area contributed by atoms with Gasteiger partial charge in [0.05, 0.1) is 22.9 Å². The Labute approximate surface area is 101 Å². The quantitative estimate of drug-likeness (QED) is 0.615. The number of hydrogen-bond acceptors (Lipinski definition) is 4. The van der Waals surface area contributed by atoms with Crippen molar-refractivity contribution in [3.05, 3.63) is 34.4 Å². The number of halogens is 2. The van der Waals surface area contributed by atoms with E-state index in [4.69, 9.17) is 0 Å². The van der Waals surface area contributed by atoms with E-state index in [-0.39, 0.29) is 10.6 Å². The van der Waals surface area contributed by atoms with E-state index in [9.17, 15) is 27.3 Å². The highest BCUT2D eigenvalue weighted by atomic mass is 32.2. The molecule has 0 bridgehead atoms. The van der Waals surface area contributed by atoms with Gasteiger partial charge in [-0.05, 0) is 12.1 Å². The summed E-state index contributed by atoms with van der Waals surface area (Å²) in [4.78, 5) is 9.49. The third-order valence-electron chi connectivity index (χ3n) is 2.50. The van der Waals surface area contributed by atoms with Gasteiger partial charge in [0.2, 0.25) is 10.0 Å². The summed E-state index contributed by atoms with van der Waals surface area (Å²) >= 11 is 0. The van der Waals surface area contributed by atoms with Crippen LogP contribution >= 0.6 is 0 Å². The Morgan fingerprint density at radius 3 is 2.11 bits per heavy atom. The van der Waals surface area contributed by atoms with Gasteiger partial charge in [-0.25, -0.2) is 17.2 Å². The second-order valence-electron chi connectivity index (χ2n) is 3.88. The molecule has 1 heterocycles. The summed E-state index contributed by atoms with van der Waals surface area (Å²) < 4.78 is 49.5. The van der Waals surface area contributed by atoms with Gasteiger partial charge in [0.1, 0.15) is 0 Å². The van der Waals surface area contributed by atoms with E-state index in [1.807, 2.05) is 0 Å². The molecule has 0 unspecified atom stereocenters. The van der Waals surface area contributed by atoms with Crippen LogP contribution in [0.15, 0.2) is 29.2 Å². The molecular formula is C9H8F2N2O4S. The fourth-order valence-electron chi connectivity index (χ4n) is 1.53. The molecule has 0 saturated carbocycles. The van der Waals surface area contributed by atoms with Crippen molar-refractivity contribution >= 4 is 15.7 Å². The molecule has 1 saturated heterocycles. The van der Waals surface area contributed by atoms with Crippen molar-refractivity contribution in [3.63, 3.8) is 0 Å². The van der Waals surface area contributed by atoms with Crippen molar-refractivity contribution in [1.82, 2.24) is 4.31 Å². The van der Waals surface area contributed by atoms with Crippen molar-refractivity contribution in [1.29, 1.82) is 0 Å². The highest BCUT2D eigenvalue weighted by Crippen LogP contribution is 2.32. The van der Waals surface area contributed by atoms with E-state index in [1.165, 1.54) is 0 Å². The molecule has 98 valence electrons. The molecule has 1 aliphatic heterocycles. The fourth-order valence-corrected chi connectivity index (χ4v) is 3.02. The molecule has 1 fully saturated rings. The predicted octanol–water partition coefficient (Wildman–Crippen LogP) is 1.23. The van der Waals surface area contributed by atoms with Crippen LogP contribution in [-0.2, 0) is 10.0 Å². The van der Waals surface area contributed by atoms with Crippen LogP contribution in [0.3, 0.4) is 0 Å². The standard InChI is InChI=1S/C9H8F2N2O4S/c10-9(11)5-12(6-9)18(16,17)8-3-1-7(2-4-8)13(14)15/h1-4H,5-6H2. The second kappa shape index (κ2) is 3.95. The van der Waals surface area contributed by atoms with Crippen LogP contribution in [0.4, 0.5) is 14.5 Å². The van der Waals surface area contributed by atoms with Crippen LogP contribution in [-0.4, -0.2) is 36.7 Å². The number of sulfonamides is 1. The molecule has 1 aliphatic rings. The predicted molar refractivity (Wildman–Crippen MR) is 56.8 cm³/mol. The monoisotopic (exact) mass is 278 g/mol. The van der Waals surface area contributed by atoms with E-state index in [0.717, 1.165) is 24.3 Å². The van der Waals surface area contributed by atoms with Crippen molar-refractivity contribution < 1.29 is 22.1 Å². The van der Waals surface area contributed by atoms with E-state index >= 15 is 0 Å². The summed E-state index contributed by atoms with van der Waals surface area (Å²) in [5.74, 6) is -2.99. The Morgan fingerprint density at radius 2 is 1.72 bits per heavy atom. The van der Waals surface area contributed by atoms with Crippen molar-refractivity contribution in [3.8, 4) is 0 Å². The first kappa shape index (κ1) is 12.8. The van der Waals surface area contributed by atoms with Gasteiger partial charge in [-0.1, -0.05) is 0 Å². The number of nitro groups is 1. The zero-order chi connectivity index (χ0) is 13.6. The SMILES string of the molecule is O=[N+]([O-])c1ccc(S(=O)(=O)N2CC(F)(F)C2)cc1. The lowest BCUT2D eigenvalue weighted by Crippen LogP contribution is -2.58. The van der Waals surface area contributed by atoms with E-state index in [0.29, 0.717) is 4.31 Å². The summed E-state index contributed by atoms with van der Waals surface area (Å²) in [6.45, 7) is -1.71. The summed E-state index contributed by atoms with van der Waals surface area (Å²) in [6, 6.07) is 4.10.